The molecule has 0 saturated carbocycles. The van der Waals surface area contributed by atoms with Crippen LogP contribution < -0.4 is 0 Å². The van der Waals surface area contributed by atoms with Crippen LogP contribution in [0.1, 0.15) is 0 Å². The molecule has 0 aromatic heterocycles. The van der Waals surface area contributed by atoms with Gasteiger partial charge in [0.05, 0.1) is 0 Å². The van der Waals surface area contributed by atoms with Gasteiger partial charge in [0, 0.05) is 0 Å². The number of rotatable bonds is 3. The second-order valence-corrected chi connectivity index (χ2v) is 12.4. The summed E-state index contributed by atoms with van der Waals surface area (Å²) in [6, 6.07) is 32.8. The molecule has 0 N–H and O–H groups in total. The fourth-order valence-electron chi connectivity index (χ4n) is 2.58. The molecule has 0 nitrogen and oxygen atoms in total. The number of hydrogen-bond donors (Lipinski definition) is 1. The molecule has 3 heteroatoms. The van der Waals surface area contributed by atoms with E-state index in [0.29, 0.717) is 0 Å². The van der Waals surface area contributed by atoms with Gasteiger partial charge >= 0.3 is 0 Å². The molecule has 0 bridgehead atoms. The monoisotopic (exact) mass is 328 g/mol. The molecule has 1 unspecified atom stereocenters. The van der Waals surface area contributed by atoms with Crippen LogP contribution >= 0.6 is 16.0 Å². The van der Waals surface area contributed by atoms with E-state index < -0.39 is 9.21 Å². The van der Waals surface area contributed by atoms with Gasteiger partial charge in [-0.25, -0.2) is 0 Å². The molecule has 0 radical (unpaired) electrons. The van der Waals surface area contributed by atoms with Crippen LogP contribution in [-0.4, -0.2) is 0 Å². The maximum Gasteiger partial charge on any atom is -0.00469 e. The predicted octanol–water partition coefficient (Wildman–Crippen LogP) is 5.70. The van der Waals surface area contributed by atoms with E-state index in [1.165, 1.54) is 21.7 Å². The molecular weight excluding hydrogens is 310 g/mol. The van der Waals surface area contributed by atoms with Crippen molar-refractivity contribution in [1.29, 1.82) is 0 Å². The zero-order valence-electron chi connectivity index (χ0n) is 11.6. The molecule has 0 fully saturated rings. The van der Waals surface area contributed by atoms with Crippen molar-refractivity contribution in [2.75, 3.05) is 0 Å². The Balaban J connectivity index is 2.35. The Morgan fingerprint density at radius 2 is 0.810 bits per heavy atom. The molecule has 0 aliphatic heterocycles. The summed E-state index contributed by atoms with van der Waals surface area (Å²) in [4.78, 5) is 4.29. The lowest BCUT2D eigenvalue weighted by Gasteiger charge is -2.32. The fraction of sp³-hybridized carbons (Fsp3) is 0. The lowest BCUT2D eigenvalue weighted by atomic mass is 10.4. The first-order valence-electron chi connectivity index (χ1n) is 6.86. The summed E-state index contributed by atoms with van der Waals surface area (Å²) >= 11 is 0. The van der Waals surface area contributed by atoms with E-state index in [9.17, 15) is 0 Å². The second kappa shape index (κ2) is 6.67. The van der Waals surface area contributed by atoms with Crippen LogP contribution in [0, 0.1) is 0 Å². The third-order valence-corrected chi connectivity index (χ3v) is 13.3. The summed E-state index contributed by atoms with van der Waals surface area (Å²) in [5, 5.41) is 0. The average molecular weight is 328 g/mol. The Morgan fingerprint density at radius 1 is 0.524 bits per heavy atom. The third-order valence-electron chi connectivity index (χ3n) is 3.56. The minimum absolute atomic E-state index is 1.34. The average Bonchev–Trinajstić information content (AvgIpc) is 2.59. The minimum Gasteiger partial charge on any atom is -0.163 e. The first-order chi connectivity index (χ1) is 10.4. The molecule has 1 atom stereocenters. The molecule has 0 spiro atoms. The first kappa shape index (κ1) is 14.7. The van der Waals surface area contributed by atoms with Crippen molar-refractivity contribution >= 4 is 25.2 Å². The molecule has 0 aliphatic rings. The van der Waals surface area contributed by atoms with Gasteiger partial charge in [0.15, 0.2) is 0 Å². The van der Waals surface area contributed by atoms with E-state index in [2.05, 4.69) is 99.9 Å². The van der Waals surface area contributed by atoms with Gasteiger partial charge in [-0.15, -0.1) is 0 Å². The van der Waals surface area contributed by atoms with Crippen LogP contribution in [0.15, 0.2) is 106 Å². The molecule has 0 heterocycles. The van der Waals surface area contributed by atoms with Gasteiger partial charge in [-0.3, -0.25) is 0 Å². The third kappa shape index (κ3) is 2.74. The van der Waals surface area contributed by atoms with E-state index in [1.54, 1.807) is 0 Å². The fourth-order valence-corrected chi connectivity index (χ4v) is 11.7. The van der Waals surface area contributed by atoms with Gasteiger partial charge in [-0.1, -0.05) is 70.6 Å². The summed E-state index contributed by atoms with van der Waals surface area (Å²) in [5.41, 5.74) is 0. The van der Waals surface area contributed by atoms with Crippen molar-refractivity contribution in [1.82, 2.24) is 0 Å². The summed E-state index contributed by atoms with van der Waals surface area (Å²) in [6.45, 7) is 0. The van der Waals surface area contributed by atoms with E-state index in [1.807, 2.05) is 0 Å². The Morgan fingerprint density at radius 3 is 1.05 bits per heavy atom. The van der Waals surface area contributed by atoms with E-state index in [4.69, 9.17) is 0 Å². The highest BCUT2D eigenvalue weighted by Gasteiger charge is 2.19. The smallest absolute Gasteiger partial charge is 0.00469 e. The van der Waals surface area contributed by atoms with Crippen molar-refractivity contribution in [2.24, 2.45) is 0 Å². The van der Waals surface area contributed by atoms with Crippen LogP contribution in [0.25, 0.3) is 0 Å². The quantitative estimate of drug-likeness (QED) is 0.463. The van der Waals surface area contributed by atoms with Crippen LogP contribution in [-0.2, 0) is 9.21 Å². The summed E-state index contributed by atoms with van der Waals surface area (Å²) in [7, 11) is 2.71. The summed E-state index contributed by atoms with van der Waals surface area (Å²) < 4.78 is 0. The molecule has 3 rings (SSSR count). The first-order valence-corrected chi connectivity index (χ1v) is 11.9. The minimum atomic E-state index is -1.60. The molecule has 21 heavy (non-hydrogen) atoms. The number of benzene rings is 3. The number of hydrogen-bond acceptors (Lipinski definition) is 0. The lowest BCUT2D eigenvalue weighted by molar-refractivity contribution is 1.31. The molecule has 0 aliphatic carbocycles. The Labute approximate surface area is 131 Å². The Kier molecular flexibility index (Phi) is 4.66. The maximum atomic E-state index is 2.96. The maximum absolute atomic E-state index is 2.96. The van der Waals surface area contributed by atoms with Gasteiger partial charge in [0.1, 0.15) is 0 Å². The highest BCUT2D eigenvalue weighted by molar-refractivity contribution is 8.47. The van der Waals surface area contributed by atoms with Crippen molar-refractivity contribution in [3.63, 3.8) is 0 Å². The van der Waals surface area contributed by atoms with Crippen LogP contribution in [0.2, 0.25) is 0 Å². The van der Waals surface area contributed by atoms with Crippen molar-refractivity contribution < 1.29 is 0 Å². The molecule has 106 valence electrons. The Hall–Kier alpha value is -1.26. The molecular formula is C18H18P2S. The number of thiol groups is 1. The van der Waals surface area contributed by atoms with Gasteiger partial charge in [-0.2, -0.15) is 9.21 Å². The van der Waals surface area contributed by atoms with Crippen molar-refractivity contribution in [2.45, 2.75) is 14.7 Å². The standard InChI is InChI=1S/C18H18P2S/c19-20-21(16-10-4-1-5-11-16,17-12-6-2-7-13-17)18-14-8-3-9-15-18/h1-15,21H,19H2. The highest BCUT2D eigenvalue weighted by atomic mass is 32.7. The molecule has 0 saturated heterocycles. The van der Waals surface area contributed by atoms with E-state index >= 15 is 0 Å². The lowest BCUT2D eigenvalue weighted by Crippen LogP contribution is -2.10. The van der Waals surface area contributed by atoms with Gasteiger partial charge in [0.2, 0.25) is 0 Å². The molecule has 3 aromatic carbocycles. The highest BCUT2D eigenvalue weighted by Crippen LogP contribution is 2.46. The van der Waals surface area contributed by atoms with Gasteiger partial charge in [0.25, 0.3) is 0 Å². The van der Waals surface area contributed by atoms with E-state index in [0.717, 1.165) is 0 Å². The Bertz CT molecular complexity index is 650. The van der Waals surface area contributed by atoms with Gasteiger partial charge < -0.3 is 0 Å². The second-order valence-electron chi connectivity index (χ2n) is 4.76. The van der Waals surface area contributed by atoms with Crippen LogP contribution in [0.5, 0.6) is 0 Å². The van der Waals surface area contributed by atoms with Gasteiger partial charge in [-0.05, 0) is 51.1 Å². The zero-order chi connectivity index (χ0) is 14.5. The van der Waals surface area contributed by atoms with Crippen LogP contribution in [0.3, 0.4) is 0 Å². The van der Waals surface area contributed by atoms with E-state index in [-0.39, 0.29) is 0 Å². The SMILES string of the molecule is PP=[SH](c1ccccc1)(c1ccccc1)c1ccccc1. The van der Waals surface area contributed by atoms with Crippen molar-refractivity contribution in [3.05, 3.63) is 91.0 Å². The zero-order valence-corrected chi connectivity index (χ0v) is 14.6. The topological polar surface area (TPSA) is 0 Å². The molecule has 0 amide bonds. The molecule has 3 aromatic rings. The summed E-state index contributed by atoms with van der Waals surface area (Å²) in [6.07, 6.45) is 0. The largest absolute Gasteiger partial charge is 0.163 e. The predicted molar refractivity (Wildman–Crippen MR) is 99.5 cm³/mol. The van der Waals surface area contributed by atoms with Crippen LogP contribution in [0.4, 0.5) is 0 Å². The van der Waals surface area contributed by atoms with Crippen molar-refractivity contribution in [3.8, 4) is 0 Å². The normalized spacial score (nSPS) is 12.2. The summed E-state index contributed by atoms with van der Waals surface area (Å²) in [5.74, 6) is 0.